The molecule has 6 nitrogen and oxygen atoms in total. The van der Waals surface area contributed by atoms with Gasteiger partial charge in [0.1, 0.15) is 5.82 Å². The number of aromatic carboxylic acids is 1. The monoisotopic (exact) mass is 264 g/mol. The zero-order valence-electron chi connectivity index (χ0n) is 10.5. The Hall–Kier alpha value is -1.95. The predicted molar refractivity (Wildman–Crippen MR) is 68.0 cm³/mol. The highest BCUT2D eigenvalue weighted by atomic mass is 16.5. The summed E-state index contributed by atoms with van der Waals surface area (Å²) in [6.45, 7) is 0.699. The summed E-state index contributed by atoms with van der Waals surface area (Å²) in [6, 6.07) is 4.48. The fourth-order valence-electron chi connectivity index (χ4n) is 1.99. The summed E-state index contributed by atoms with van der Waals surface area (Å²) in [4.78, 5) is 26.4. The molecule has 1 atom stereocenters. The minimum atomic E-state index is -1.12. The second-order valence-corrected chi connectivity index (χ2v) is 4.45. The van der Waals surface area contributed by atoms with Crippen molar-refractivity contribution in [2.24, 2.45) is 0 Å². The topological polar surface area (TPSA) is 88.5 Å². The summed E-state index contributed by atoms with van der Waals surface area (Å²) in [5.41, 5.74) is -0.0910. The van der Waals surface area contributed by atoms with E-state index < -0.39 is 5.97 Å². The van der Waals surface area contributed by atoms with Crippen LogP contribution in [0, 0.1) is 0 Å². The van der Waals surface area contributed by atoms with E-state index in [0.717, 1.165) is 19.3 Å². The van der Waals surface area contributed by atoms with Crippen LogP contribution in [0.25, 0.3) is 0 Å². The van der Waals surface area contributed by atoms with Gasteiger partial charge in [0.15, 0.2) is 5.69 Å². The number of rotatable bonds is 4. The number of carbonyl (C=O) groups excluding carboxylic acids is 1. The summed E-state index contributed by atoms with van der Waals surface area (Å²) in [6.07, 6.45) is 3.23. The highest BCUT2D eigenvalue weighted by Crippen LogP contribution is 2.16. The Kier molecular flexibility index (Phi) is 4.46. The van der Waals surface area contributed by atoms with E-state index in [1.54, 1.807) is 12.1 Å². The molecule has 6 heteroatoms. The lowest BCUT2D eigenvalue weighted by atomic mass is 10.1. The van der Waals surface area contributed by atoms with Crippen LogP contribution in [0.15, 0.2) is 18.2 Å². The predicted octanol–water partition coefficient (Wildman–Crippen LogP) is 1.68. The van der Waals surface area contributed by atoms with Gasteiger partial charge < -0.3 is 15.2 Å². The van der Waals surface area contributed by atoms with Crippen molar-refractivity contribution < 1.29 is 19.4 Å². The molecular formula is C13H16N2O4. The number of carboxylic acids is 1. The Morgan fingerprint density at radius 2 is 2.26 bits per heavy atom. The molecule has 0 spiro atoms. The van der Waals surface area contributed by atoms with Crippen molar-refractivity contribution >= 4 is 17.7 Å². The van der Waals surface area contributed by atoms with Crippen LogP contribution in [0.1, 0.15) is 36.2 Å². The molecule has 0 bridgehead atoms. The Morgan fingerprint density at radius 1 is 1.42 bits per heavy atom. The van der Waals surface area contributed by atoms with E-state index in [1.807, 2.05) is 0 Å². The van der Waals surface area contributed by atoms with Gasteiger partial charge in [0.05, 0.1) is 12.5 Å². The highest BCUT2D eigenvalue weighted by Gasteiger charge is 2.18. The quantitative estimate of drug-likeness (QED) is 0.863. The first kappa shape index (κ1) is 13.5. The summed E-state index contributed by atoms with van der Waals surface area (Å²) < 4.78 is 5.47. The lowest BCUT2D eigenvalue weighted by molar-refractivity contribution is -0.119. The van der Waals surface area contributed by atoms with Gasteiger partial charge >= 0.3 is 5.97 Å². The Morgan fingerprint density at radius 3 is 2.95 bits per heavy atom. The van der Waals surface area contributed by atoms with Crippen molar-refractivity contribution in [3.8, 4) is 0 Å². The molecule has 1 saturated heterocycles. The second kappa shape index (κ2) is 6.29. The first-order valence-electron chi connectivity index (χ1n) is 6.27. The number of ether oxygens (including phenoxy) is 1. The van der Waals surface area contributed by atoms with E-state index in [2.05, 4.69) is 10.3 Å². The summed E-state index contributed by atoms with van der Waals surface area (Å²) in [5, 5.41) is 11.4. The van der Waals surface area contributed by atoms with E-state index in [4.69, 9.17) is 9.84 Å². The molecule has 0 saturated carbocycles. The Balaban J connectivity index is 1.90. The lowest BCUT2D eigenvalue weighted by Gasteiger charge is -2.21. The van der Waals surface area contributed by atoms with Gasteiger partial charge in [-0.25, -0.2) is 9.78 Å². The van der Waals surface area contributed by atoms with Crippen molar-refractivity contribution in [3.63, 3.8) is 0 Å². The standard InChI is InChI=1S/C13H16N2O4/c16-12(8-9-4-1-2-7-19-9)15-11-6-3-5-10(14-11)13(17)18/h3,5-6,9H,1-2,4,7-8H2,(H,17,18)(H,14,15,16). The molecule has 2 rings (SSSR count). The molecule has 1 amide bonds. The molecule has 1 aromatic rings. The minimum absolute atomic E-state index is 0.0450. The van der Waals surface area contributed by atoms with E-state index in [0.29, 0.717) is 6.61 Å². The third-order valence-corrected chi connectivity index (χ3v) is 2.92. The smallest absolute Gasteiger partial charge is 0.354 e. The van der Waals surface area contributed by atoms with E-state index >= 15 is 0 Å². The number of nitrogens with zero attached hydrogens (tertiary/aromatic N) is 1. The van der Waals surface area contributed by atoms with Crippen LogP contribution in [0.4, 0.5) is 5.82 Å². The molecular weight excluding hydrogens is 248 g/mol. The van der Waals surface area contributed by atoms with Gasteiger partial charge in [-0.1, -0.05) is 6.07 Å². The average molecular weight is 264 g/mol. The van der Waals surface area contributed by atoms with Crippen molar-refractivity contribution in [2.45, 2.75) is 31.8 Å². The van der Waals surface area contributed by atoms with Crippen LogP contribution in [-0.2, 0) is 9.53 Å². The van der Waals surface area contributed by atoms with Crippen LogP contribution in [0.5, 0.6) is 0 Å². The zero-order chi connectivity index (χ0) is 13.7. The van der Waals surface area contributed by atoms with Crippen molar-refractivity contribution in [1.29, 1.82) is 0 Å². The number of anilines is 1. The lowest BCUT2D eigenvalue weighted by Crippen LogP contribution is -2.26. The third-order valence-electron chi connectivity index (χ3n) is 2.92. The normalized spacial score (nSPS) is 18.8. The fraction of sp³-hybridized carbons (Fsp3) is 0.462. The molecule has 1 aliphatic rings. The molecule has 102 valence electrons. The highest BCUT2D eigenvalue weighted by molar-refractivity contribution is 5.91. The third kappa shape index (κ3) is 4.03. The largest absolute Gasteiger partial charge is 0.477 e. The number of carbonyl (C=O) groups is 2. The van der Waals surface area contributed by atoms with E-state index in [-0.39, 0.29) is 29.9 Å². The number of amides is 1. The number of aromatic nitrogens is 1. The first-order chi connectivity index (χ1) is 9.15. The SMILES string of the molecule is O=C(CC1CCCCO1)Nc1cccc(C(=O)O)n1. The summed E-state index contributed by atoms with van der Waals surface area (Å²) >= 11 is 0. The molecule has 1 unspecified atom stereocenters. The van der Waals surface area contributed by atoms with Gasteiger partial charge in [-0.05, 0) is 31.4 Å². The Labute approximate surface area is 110 Å². The minimum Gasteiger partial charge on any atom is -0.477 e. The van der Waals surface area contributed by atoms with Gasteiger partial charge in [0.25, 0.3) is 0 Å². The maximum Gasteiger partial charge on any atom is 0.354 e. The van der Waals surface area contributed by atoms with Crippen molar-refractivity contribution in [1.82, 2.24) is 4.98 Å². The number of pyridine rings is 1. The molecule has 0 aromatic carbocycles. The van der Waals surface area contributed by atoms with Gasteiger partial charge in [-0.15, -0.1) is 0 Å². The average Bonchev–Trinajstić information content (AvgIpc) is 2.40. The first-order valence-corrected chi connectivity index (χ1v) is 6.27. The van der Waals surface area contributed by atoms with Gasteiger partial charge in [-0.2, -0.15) is 0 Å². The van der Waals surface area contributed by atoms with Crippen molar-refractivity contribution in [3.05, 3.63) is 23.9 Å². The maximum absolute atomic E-state index is 11.8. The van der Waals surface area contributed by atoms with Gasteiger partial charge in [0.2, 0.25) is 5.91 Å². The summed E-state index contributed by atoms with van der Waals surface area (Å²) in [7, 11) is 0. The van der Waals surface area contributed by atoms with Crippen LogP contribution < -0.4 is 5.32 Å². The molecule has 2 heterocycles. The van der Waals surface area contributed by atoms with Crippen LogP contribution >= 0.6 is 0 Å². The van der Waals surface area contributed by atoms with E-state index in [1.165, 1.54) is 6.07 Å². The number of hydrogen-bond acceptors (Lipinski definition) is 4. The van der Waals surface area contributed by atoms with Crippen molar-refractivity contribution in [2.75, 3.05) is 11.9 Å². The van der Waals surface area contributed by atoms with Gasteiger partial charge in [0, 0.05) is 6.61 Å². The fourth-order valence-corrected chi connectivity index (χ4v) is 1.99. The number of carboxylic acid groups (broad SMARTS) is 1. The molecule has 0 radical (unpaired) electrons. The van der Waals surface area contributed by atoms with Crippen LogP contribution in [0.2, 0.25) is 0 Å². The van der Waals surface area contributed by atoms with Gasteiger partial charge in [-0.3, -0.25) is 4.79 Å². The number of nitrogens with one attached hydrogen (secondary N) is 1. The maximum atomic E-state index is 11.8. The Bertz CT molecular complexity index is 469. The van der Waals surface area contributed by atoms with Crippen LogP contribution in [-0.4, -0.2) is 34.7 Å². The summed E-state index contributed by atoms with van der Waals surface area (Å²) in [5.74, 6) is -1.07. The molecule has 1 aliphatic heterocycles. The van der Waals surface area contributed by atoms with Crippen LogP contribution in [0.3, 0.4) is 0 Å². The number of hydrogen-bond donors (Lipinski definition) is 2. The second-order valence-electron chi connectivity index (χ2n) is 4.45. The molecule has 1 aromatic heterocycles. The molecule has 1 fully saturated rings. The molecule has 0 aliphatic carbocycles. The molecule has 19 heavy (non-hydrogen) atoms. The zero-order valence-corrected chi connectivity index (χ0v) is 10.5. The molecule has 2 N–H and O–H groups in total. The van der Waals surface area contributed by atoms with E-state index in [9.17, 15) is 9.59 Å².